The number of ether oxygens (including phenoxy) is 11. The van der Waals surface area contributed by atoms with Crippen molar-refractivity contribution >= 4 is 29.5 Å². The first-order chi connectivity index (χ1) is 47.4. The number of benzene rings is 3. The second-order valence-electron chi connectivity index (χ2n) is 32.5. The molecule has 11 rings (SSSR count). The number of hydrogen-bond acceptors (Lipinski definition) is 16. The predicted octanol–water partition coefficient (Wildman–Crippen LogP) is 16.1. The van der Waals surface area contributed by atoms with Gasteiger partial charge in [-0.25, -0.2) is 14.4 Å². The van der Waals surface area contributed by atoms with E-state index in [0.29, 0.717) is 72.0 Å². The van der Waals surface area contributed by atoms with Crippen LogP contribution < -0.4 is 0 Å². The third-order valence-electron chi connectivity index (χ3n) is 26.9. The van der Waals surface area contributed by atoms with Crippen molar-refractivity contribution < 1.29 is 76.1 Å². The third kappa shape index (κ3) is 15.8. The fourth-order valence-corrected chi connectivity index (χ4v) is 19.8. The Labute approximate surface area is 590 Å². The van der Waals surface area contributed by atoms with Crippen LogP contribution in [0.15, 0.2) is 91.0 Å². The maximum absolute atomic E-state index is 14.6. The van der Waals surface area contributed by atoms with E-state index in [1.807, 2.05) is 58.0 Å². The summed E-state index contributed by atoms with van der Waals surface area (Å²) in [6.07, 6.45) is 4.53. The van der Waals surface area contributed by atoms with E-state index in [1.54, 1.807) is 60.7 Å². The largest absolute Gasteiger partial charge is 0.459 e. The zero-order chi connectivity index (χ0) is 70.8. The molecule has 16 nitrogen and oxygen atoms in total. The Morgan fingerprint density at radius 3 is 1.59 bits per heavy atom. The first-order valence-corrected chi connectivity index (χ1v) is 38.4. The lowest BCUT2D eigenvalue weighted by molar-refractivity contribution is -0.352. The number of carbonyl (C=O) groups excluding carboxylic acids is 5. The average Bonchev–Trinajstić information content (AvgIpc) is 1.62. The molecule has 0 aromatic heterocycles. The zero-order valence-electron chi connectivity index (χ0n) is 62.0. The molecule has 16 heteroatoms. The van der Waals surface area contributed by atoms with Gasteiger partial charge in [0.25, 0.3) is 0 Å². The average molecular weight is 1370 g/mol. The van der Waals surface area contributed by atoms with Crippen molar-refractivity contribution in [2.75, 3.05) is 13.2 Å². The minimum Gasteiger partial charge on any atom is -0.459 e. The van der Waals surface area contributed by atoms with Crippen molar-refractivity contribution in [3.05, 3.63) is 108 Å². The lowest BCUT2D eigenvalue weighted by Gasteiger charge is -2.61. The second kappa shape index (κ2) is 32.4. The number of hydrogen-bond donors (Lipinski definition) is 0. The molecule has 4 saturated heterocycles. The molecule has 3 aromatic carbocycles. The summed E-state index contributed by atoms with van der Waals surface area (Å²) in [6.45, 7) is 33.1. The van der Waals surface area contributed by atoms with E-state index >= 15 is 0 Å². The number of ketones is 2. The lowest BCUT2D eigenvalue weighted by atomic mass is 9.44. The number of esters is 3. The molecule has 16 unspecified atom stereocenters. The minimum absolute atomic E-state index is 0.00511. The maximum atomic E-state index is 14.6. The first kappa shape index (κ1) is 75.3. The van der Waals surface area contributed by atoms with Gasteiger partial charge in [-0.1, -0.05) is 158 Å². The van der Waals surface area contributed by atoms with Gasteiger partial charge < -0.3 is 52.1 Å². The standard InChI is InChI=1S/C83H118O16/c1-16-66-48(6)47(5)51(9)79(92-66)98-71-49(7)53(11)80(94-68(71)18-3)99-72-50(8)52(10)78(95-69(72)45-89-75(86)56-28-22-19-23-29-56)91-60-38-40-82(14)59(42-60)35-36-61-62(82)39-41-83(15)63(61)43-65(85)70(83)54(12)64(84)37-34-46(4)44-90-81-74(97-77(88)58-32-26-21-27-33-58)73(55(13)67(17-2)93-81)96-76(87)57-30-24-20-25-31-57/h19-33,46-55,59-63,66-74,78-81H,16-18,34-45H2,1-15H3/t46-,47-,48-,49+,50+,51?,52?,53?,54+,55+,59?,60?,61?,62?,63?,66?,67?,68?,69?,70?,71-,72-,73-,74?,78+,79-,80-,81+,82?,83?/m0/s1. The van der Waals surface area contributed by atoms with Crippen LogP contribution in [0.25, 0.3) is 0 Å². The van der Waals surface area contributed by atoms with Gasteiger partial charge in [-0.2, -0.15) is 0 Å². The van der Waals surface area contributed by atoms with Crippen LogP contribution in [-0.2, 0) is 61.7 Å². The van der Waals surface area contributed by atoms with Gasteiger partial charge in [0.15, 0.2) is 31.3 Å². The summed E-state index contributed by atoms with van der Waals surface area (Å²) in [4.78, 5) is 70.0. The SMILES string of the molecule is CCC1O[C@@H](O[C@@H]2C(CC)O[C@@H](O[C@@H]3C(COC(=O)c4ccccc4)O[C@@H](OC4CCC5(C)C(CCC6C5CCC5(C)C6CC(=O)C5[C@H](C)C(=O)CC[C@H](C)CO[C@@H]5OC(CC)[C@@H](C)[C@H](OC(=O)c6ccccc6)C5OC(=O)c5ccccc5)C4)C(C)[C@H]3C)C(C)[C@H]2C)C(C)[C@@H](C)[C@@H]1C. The Bertz CT molecular complexity index is 3160. The van der Waals surface area contributed by atoms with Crippen molar-refractivity contribution in [2.45, 2.75) is 267 Å². The Balaban J connectivity index is 0.699. The van der Waals surface area contributed by atoms with Gasteiger partial charge in [0.05, 0.1) is 59.9 Å². The molecule has 30 atom stereocenters. The van der Waals surface area contributed by atoms with Crippen LogP contribution in [0.1, 0.15) is 218 Å². The maximum Gasteiger partial charge on any atom is 0.338 e. The quantitative estimate of drug-likeness (QED) is 0.0468. The van der Waals surface area contributed by atoms with Crippen LogP contribution in [-0.4, -0.2) is 123 Å². The molecule has 99 heavy (non-hydrogen) atoms. The van der Waals surface area contributed by atoms with Gasteiger partial charge in [-0.15, -0.1) is 0 Å². The molecular formula is C83H118O16. The van der Waals surface area contributed by atoms with E-state index < -0.39 is 67.1 Å². The molecule has 8 aliphatic rings. The van der Waals surface area contributed by atoms with Crippen LogP contribution >= 0.6 is 0 Å². The monoisotopic (exact) mass is 1370 g/mol. The molecule has 0 spiro atoms. The highest BCUT2D eigenvalue weighted by molar-refractivity contribution is 5.92. The molecular weight excluding hydrogens is 1250 g/mol. The summed E-state index contributed by atoms with van der Waals surface area (Å²) in [6, 6.07) is 26.5. The molecule has 0 amide bonds. The molecule has 4 saturated carbocycles. The lowest BCUT2D eigenvalue weighted by Crippen LogP contribution is -2.59. The van der Waals surface area contributed by atoms with Gasteiger partial charge in [-0.3, -0.25) is 9.59 Å². The molecule has 4 heterocycles. The topological polar surface area (TPSA) is 187 Å². The fraction of sp³-hybridized carbons (Fsp3) is 0.723. The van der Waals surface area contributed by atoms with Gasteiger partial charge >= 0.3 is 17.9 Å². The van der Waals surface area contributed by atoms with Crippen molar-refractivity contribution in [2.24, 2.45) is 99.6 Å². The summed E-state index contributed by atoms with van der Waals surface area (Å²) in [7, 11) is 0. The molecule has 0 radical (unpaired) electrons. The summed E-state index contributed by atoms with van der Waals surface area (Å²) in [5.41, 5.74) is 1.03. The summed E-state index contributed by atoms with van der Waals surface area (Å²) >= 11 is 0. The van der Waals surface area contributed by atoms with E-state index in [-0.39, 0.29) is 126 Å². The number of fused-ring (bicyclic) bond motifs is 5. The van der Waals surface area contributed by atoms with Crippen LogP contribution in [0.5, 0.6) is 0 Å². The summed E-state index contributed by atoms with van der Waals surface area (Å²) < 4.78 is 73.7. The summed E-state index contributed by atoms with van der Waals surface area (Å²) in [5, 5.41) is 0. The minimum atomic E-state index is -1.07. The first-order valence-electron chi connectivity index (χ1n) is 38.4. The van der Waals surface area contributed by atoms with E-state index in [2.05, 4.69) is 76.2 Å². The van der Waals surface area contributed by atoms with E-state index in [4.69, 9.17) is 52.1 Å². The predicted molar refractivity (Wildman–Crippen MR) is 376 cm³/mol. The summed E-state index contributed by atoms with van der Waals surface area (Å²) in [5.74, 6) is 0.338. The molecule has 0 N–H and O–H groups in total. The van der Waals surface area contributed by atoms with Crippen molar-refractivity contribution in [3.8, 4) is 0 Å². The highest BCUT2D eigenvalue weighted by atomic mass is 16.7. The second-order valence-corrected chi connectivity index (χ2v) is 32.5. The fourth-order valence-electron chi connectivity index (χ4n) is 19.8. The van der Waals surface area contributed by atoms with E-state index in [9.17, 15) is 24.0 Å². The molecule has 546 valence electrons. The number of carbonyl (C=O) groups is 5. The molecule has 4 aliphatic heterocycles. The van der Waals surface area contributed by atoms with Gasteiger partial charge in [0, 0.05) is 48.3 Å². The van der Waals surface area contributed by atoms with Crippen LogP contribution in [0.4, 0.5) is 0 Å². The van der Waals surface area contributed by atoms with E-state index in [1.165, 1.54) is 0 Å². The van der Waals surface area contributed by atoms with Crippen LogP contribution in [0, 0.1) is 99.6 Å². The van der Waals surface area contributed by atoms with E-state index in [0.717, 1.165) is 57.8 Å². The highest BCUT2D eigenvalue weighted by Crippen LogP contribution is 2.68. The Hall–Kier alpha value is -4.91. The molecule has 3 aromatic rings. The third-order valence-corrected chi connectivity index (χ3v) is 26.9. The Morgan fingerprint density at radius 2 is 1.00 bits per heavy atom. The van der Waals surface area contributed by atoms with Gasteiger partial charge in [0.1, 0.15) is 30.4 Å². The van der Waals surface area contributed by atoms with Crippen molar-refractivity contribution in [1.82, 2.24) is 0 Å². The van der Waals surface area contributed by atoms with Gasteiger partial charge in [0.2, 0.25) is 0 Å². The Morgan fingerprint density at radius 1 is 0.505 bits per heavy atom. The van der Waals surface area contributed by atoms with Crippen molar-refractivity contribution in [1.29, 1.82) is 0 Å². The highest BCUT2D eigenvalue weighted by Gasteiger charge is 2.64. The normalized spacial score (nSPS) is 41.2. The molecule has 4 aliphatic carbocycles. The Kier molecular flexibility index (Phi) is 24.6. The molecule has 8 fully saturated rings. The van der Waals surface area contributed by atoms with Crippen LogP contribution in [0.3, 0.4) is 0 Å². The number of rotatable bonds is 24. The zero-order valence-corrected chi connectivity index (χ0v) is 62.0. The van der Waals surface area contributed by atoms with Crippen LogP contribution in [0.2, 0.25) is 0 Å². The molecule has 0 bridgehead atoms. The van der Waals surface area contributed by atoms with Gasteiger partial charge in [-0.05, 0) is 171 Å². The van der Waals surface area contributed by atoms with Crippen molar-refractivity contribution in [3.63, 3.8) is 0 Å². The number of Topliss-reactive ketones (excluding diaryl/α,β-unsaturated/α-hetero) is 2. The smallest absolute Gasteiger partial charge is 0.338 e.